The van der Waals surface area contributed by atoms with Crippen molar-refractivity contribution in [2.24, 2.45) is 0 Å². The quantitative estimate of drug-likeness (QED) is 0.825. The van der Waals surface area contributed by atoms with Gasteiger partial charge in [-0.15, -0.1) is 0 Å². The molecule has 0 bridgehead atoms. The van der Waals surface area contributed by atoms with Gasteiger partial charge in [-0.05, 0) is 62.4 Å². The molecule has 0 aliphatic carbocycles. The van der Waals surface area contributed by atoms with Gasteiger partial charge in [0, 0.05) is 37.4 Å². The van der Waals surface area contributed by atoms with Crippen LogP contribution >= 0.6 is 0 Å². The number of carbonyl (C=O) groups excluding carboxylic acids is 1. The summed E-state index contributed by atoms with van der Waals surface area (Å²) in [6.45, 7) is 7.06. The van der Waals surface area contributed by atoms with Gasteiger partial charge in [-0.2, -0.15) is 0 Å². The molecule has 2 aromatic carbocycles. The minimum Gasteiger partial charge on any atom is -0.497 e. The van der Waals surface area contributed by atoms with Crippen LogP contribution in [0.1, 0.15) is 24.2 Å². The van der Waals surface area contributed by atoms with Gasteiger partial charge < -0.3 is 19.3 Å². The zero-order chi connectivity index (χ0) is 18.5. The van der Waals surface area contributed by atoms with E-state index in [4.69, 9.17) is 9.47 Å². The van der Waals surface area contributed by atoms with E-state index in [1.807, 2.05) is 55.1 Å². The molecule has 0 spiro atoms. The van der Waals surface area contributed by atoms with E-state index in [1.54, 1.807) is 7.11 Å². The largest absolute Gasteiger partial charge is 0.497 e. The first-order valence-corrected chi connectivity index (χ1v) is 9.02. The molecule has 5 nitrogen and oxygen atoms in total. The summed E-state index contributed by atoms with van der Waals surface area (Å²) < 4.78 is 10.8. The molecule has 0 radical (unpaired) electrons. The molecule has 0 aromatic heterocycles. The number of nitrogens with zero attached hydrogens (tertiary/aromatic N) is 2. The summed E-state index contributed by atoms with van der Waals surface area (Å²) in [7, 11) is 1.67. The SMILES string of the molecule is COc1ccc(N2CCN(C(=O)c3ccc(OC(C)C)cc3)CC2)cc1. The van der Waals surface area contributed by atoms with Crippen LogP contribution in [0, 0.1) is 0 Å². The maximum atomic E-state index is 12.7. The van der Waals surface area contributed by atoms with Crippen LogP contribution in [-0.4, -0.2) is 50.2 Å². The molecule has 5 heteroatoms. The highest BCUT2D eigenvalue weighted by molar-refractivity contribution is 5.94. The zero-order valence-corrected chi connectivity index (χ0v) is 15.6. The molecule has 26 heavy (non-hydrogen) atoms. The molecule has 1 saturated heterocycles. The summed E-state index contributed by atoms with van der Waals surface area (Å²) in [5.41, 5.74) is 1.87. The predicted octanol–water partition coefficient (Wildman–Crippen LogP) is 3.44. The minimum atomic E-state index is 0.0791. The Morgan fingerprint density at radius 2 is 1.46 bits per heavy atom. The third kappa shape index (κ3) is 4.28. The van der Waals surface area contributed by atoms with Gasteiger partial charge in [0.25, 0.3) is 5.91 Å². The van der Waals surface area contributed by atoms with Gasteiger partial charge in [0.05, 0.1) is 13.2 Å². The molecule has 1 fully saturated rings. The normalized spacial score (nSPS) is 14.5. The highest BCUT2D eigenvalue weighted by atomic mass is 16.5. The highest BCUT2D eigenvalue weighted by Crippen LogP contribution is 2.21. The van der Waals surface area contributed by atoms with E-state index in [2.05, 4.69) is 17.0 Å². The van der Waals surface area contributed by atoms with Crippen molar-refractivity contribution >= 4 is 11.6 Å². The van der Waals surface area contributed by atoms with Crippen molar-refractivity contribution in [1.29, 1.82) is 0 Å². The van der Waals surface area contributed by atoms with Gasteiger partial charge in [0.15, 0.2) is 0 Å². The van der Waals surface area contributed by atoms with Crippen LogP contribution in [-0.2, 0) is 0 Å². The van der Waals surface area contributed by atoms with Crippen LogP contribution in [0.4, 0.5) is 5.69 Å². The highest BCUT2D eigenvalue weighted by Gasteiger charge is 2.22. The van der Waals surface area contributed by atoms with Crippen LogP contribution in [0.25, 0.3) is 0 Å². The van der Waals surface area contributed by atoms with Gasteiger partial charge in [-0.1, -0.05) is 0 Å². The second-order valence-electron chi connectivity index (χ2n) is 6.67. The Morgan fingerprint density at radius 1 is 0.885 bits per heavy atom. The molecule has 2 aromatic rings. The third-order valence-electron chi connectivity index (χ3n) is 4.48. The summed E-state index contributed by atoms with van der Waals surface area (Å²) in [6, 6.07) is 15.5. The van der Waals surface area contributed by atoms with E-state index in [1.165, 1.54) is 0 Å². The lowest BCUT2D eigenvalue weighted by atomic mass is 10.1. The monoisotopic (exact) mass is 354 g/mol. The second-order valence-corrected chi connectivity index (χ2v) is 6.67. The Bertz CT molecular complexity index is 718. The van der Waals surface area contributed by atoms with Gasteiger partial charge >= 0.3 is 0 Å². The van der Waals surface area contributed by atoms with Crippen molar-refractivity contribution in [2.45, 2.75) is 20.0 Å². The number of piperazine rings is 1. The number of hydrogen-bond donors (Lipinski definition) is 0. The van der Waals surface area contributed by atoms with E-state index < -0.39 is 0 Å². The topological polar surface area (TPSA) is 42.0 Å². The van der Waals surface area contributed by atoms with E-state index in [9.17, 15) is 4.79 Å². The number of methoxy groups -OCH3 is 1. The molecule has 0 N–H and O–H groups in total. The maximum Gasteiger partial charge on any atom is 0.253 e. The summed E-state index contributed by atoms with van der Waals surface area (Å²) in [4.78, 5) is 16.9. The van der Waals surface area contributed by atoms with E-state index in [0.717, 1.165) is 43.4 Å². The maximum absolute atomic E-state index is 12.7. The number of benzene rings is 2. The molecule has 1 aliphatic rings. The average Bonchev–Trinajstić information content (AvgIpc) is 2.68. The second kappa shape index (κ2) is 8.13. The summed E-state index contributed by atoms with van der Waals surface area (Å²) >= 11 is 0. The molecule has 0 unspecified atom stereocenters. The molecular weight excluding hydrogens is 328 g/mol. The fraction of sp³-hybridized carbons (Fsp3) is 0.381. The molecule has 0 atom stereocenters. The number of ether oxygens (including phenoxy) is 2. The van der Waals surface area contributed by atoms with Crippen LogP contribution in [0.15, 0.2) is 48.5 Å². The predicted molar refractivity (Wildman–Crippen MR) is 103 cm³/mol. The van der Waals surface area contributed by atoms with E-state index in [0.29, 0.717) is 5.56 Å². The Hall–Kier alpha value is -2.69. The van der Waals surface area contributed by atoms with Crippen molar-refractivity contribution in [1.82, 2.24) is 4.90 Å². The molecular formula is C21H26N2O3. The minimum absolute atomic E-state index is 0.0791. The van der Waals surface area contributed by atoms with E-state index >= 15 is 0 Å². The van der Waals surface area contributed by atoms with Crippen molar-refractivity contribution in [3.63, 3.8) is 0 Å². The Kier molecular flexibility index (Phi) is 5.66. The lowest BCUT2D eigenvalue weighted by Gasteiger charge is -2.36. The van der Waals surface area contributed by atoms with Gasteiger partial charge in [-0.25, -0.2) is 0 Å². The number of carbonyl (C=O) groups is 1. The smallest absolute Gasteiger partial charge is 0.253 e. The zero-order valence-electron chi connectivity index (χ0n) is 15.6. The Labute approximate surface area is 155 Å². The average molecular weight is 354 g/mol. The molecule has 1 aliphatic heterocycles. The lowest BCUT2D eigenvalue weighted by Crippen LogP contribution is -2.48. The fourth-order valence-corrected chi connectivity index (χ4v) is 3.09. The van der Waals surface area contributed by atoms with E-state index in [-0.39, 0.29) is 12.0 Å². The molecule has 1 amide bonds. The van der Waals surface area contributed by atoms with Crippen LogP contribution in [0.5, 0.6) is 11.5 Å². The third-order valence-corrected chi connectivity index (χ3v) is 4.48. The first-order chi connectivity index (χ1) is 12.6. The molecule has 138 valence electrons. The Morgan fingerprint density at radius 3 is 2.00 bits per heavy atom. The summed E-state index contributed by atoms with van der Waals surface area (Å²) in [6.07, 6.45) is 0.127. The van der Waals surface area contributed by atoms with Gasteiger partial charge in [-0.3, -0.25) is 4.79 Å². The Balaban J connectivity index is 1.57. The number of amides is 1. The summed E-state index contributed by atoms with van der Waals surface area (Å²) in [5, 5.41) is 0. The molecule has 0 saturated carbocycles. The van der Waals surface area contributed by atoms with Gasteiger partial charge in [0.1, 0.15) is 11.5 Å². The number of anilines is 1. The molecule has 3 rings (SSSR count). The van der Waals surface area contributed by atoms with Crippen molar-refractivity contribution in [3.05, 3.63) is 54.1 Å². The molecule has 1 heterocycles. The van der Waals surface area contributed by atoms with Crippen molar-refractivity contribution in [3.8, 4) is 11.5 Å². The fourth-order valence-electron chi connectivity index (χ4n) is 3.09. The lowest BCUT2D eigenvalue weighted by molar-refractivity contribution is 0.0746. The number of rotatable bonds is 5. The van der Waals surface area contributed by atoms with Crippen LogP contribution in [0.2, 0.25) is 0 Å². The van der Waals surface area contributed by atoms with Crippen molar-refractivity contribution in [2.75, 3.05) is 38.2 Å². The van der Waals surface area contributed by atoms with Crippen molar-refractivity contribution < 1.29 is 14.3 Å². The summed E-state index contributed by atoms with van der Waals surface area (Å²) in [5.74, 6) is 1.73. The van der Waals surface area contributed by atoms with Gasteiger partial charge in [0.2, 0.25) is 0 Å². The van der Waals surface area contributed by atoms with Crippen LogP contribution in [0.3, 0.4) is 0 Å². The first-order valence-electron chi connectivity index (χ1n) is 9.02. The van der Waals surface area contributed by atoms with Crippen LogP contribution < -0.4 is 14.4 Å². The standard InChI is InChI=1S/C21H26N2O3/c1-16(2)26-20-8-4-17(5-9-20)21(24)23-14-12-22(13-15-23)18-6-10-19(25-3)11-7-18/h4-11,16H,12-15H2,1-3H3. The number of hydrogen-bond acceptors (Lipinski definition) is 4. The first kappa shape index (κ1) is 18.1.